The number of nitrogens with zero attached hydrogens (tertiary/aromatic N) is 6. The van der Waals surface area contributed by atoms with Gasteiger partial charge in [-0.1, -0.05) is 12.1 Å². The number of halogens is 1. The summed E-state index contributed by atoms with van der Waals surface area (Å²) in [5.74, 6) is 0.769. The first kappa shape index (κ1) is 29.0. The lowest BCUT2D eigenvalue weighted by atomic mass is 9.97. The molecule has 208 valence electrons. The predicted octanol–water partition coefficient (Wildman–Crippen LogP) is 6.04. The normalized spacial score (nSPS) is 12.3. The fourth-order valence-corrected chi connectivity index (χ4v) is 5.29. The van der Waals surface area contributed by atoms with Gasteiger partial charge in [-0.05, 0) is 106 Å². The highest BCUT2D eigenvalue weighted by Crippen LogP contribution is 2.31. The summed E-state index contributed by atoms with van der Waals surface area (Å²) in [6, 6.07) is 12.2. The number of rotatable bonds is 5. The van der Waals surface area contributed by atoms with Crippen molar-refractivity contribution in [3.63, 3.8) is 0 Å². The Bertz CT molecular complexity index is 1630. The first-order chi connectivity index (χ1) is 18.1. The number of fused-ring (bicyclic) bond motifs is 2. The summed E-state index contributed by atoms with van der Waals surface area (Å²) in [7, 11) is 3.84. The van der Waals surface area contributed by atoms with Crippen LogP contribution in [0.4, 0.5) is 11.5 Å². The zero-order chi connectivity index (χ0) is 28.9. The molecule has 0 radical (unpaired) electrons. The van der Waals surface area contributed by atoms with Crippen LogP contribution in [0.2, 0.25) is 0 Å². The molecule has 3 heterocycles. The Hall–Kier alpha value is -2.96. The van der Waals surface area contributed by atoms with Crippen LogP contribution in [-0.4, -0.2) is 39.6 Å². The molecule has 0 fully saturated rings. The first-order valence-electron chi connectivity index (χ1n) is 12.9. The number of aryl methyl sites for hydroxylation is 2. The van der Waals surface area contributed by atoms with Gasteiger partial charge in [0, 0.05) is 30.9 Å². The highest BCUT2D eigenvalue weighted by molar-refractivity contribution is 14.1. The lowest BCUT2D eigenvalue weighted by Crippen LogP contribution is -2.15. The highest BCUT2D eigenvalue weighted by Gasteiger charge is 2.20. The van der Waals surface area contributed by atoms with Gasteiger partial charge < -0.3 is 15.5 Å². The number of aliphatic hydroxyl groups is 2. The van der Waals surface area contributed by atoms with Crippen molar-refractivity contribution in [3.8, 4) is 0 Å². The van der Waals surface area contributed by atoms with Crippen molar-refractivity contribution in [1.29, 1.82) is 0 Å². The average molecular weight is 644 g/mol. The van der Waals surface area contributed by atoms with Gasteiger partial charge in [-0.3, -0.25) is 14.0 Å². The van der Waals surface area contributed by atoms with Crippen LogP contribution in [0.5, 0.6) is 0 Å². The van der Waals surface area contributed by atoms with Gasteiger partial charge in [-0.15, -0.1) is 0 Å². The third kappa shape index (κ3) is 5.97. The van der Waals surface area contributed by atoms with Gasteiger partial charge in [0.15, 0.2) is 5.82 Å². The molecule has 3 N–H and O–H groups in total. The predicted molar refractivity (Wildman–Crippen MR) is 165 cm³/mol. The average Bonchev–Trinajstić information content (AvgIpc) is 3.46. The summed E-state index contributed by atoms with van der Waals surface area (Å²) in [4.78, 5) is 0. The lowest BCUT2D eigenvalue weighted by Gasteiger charge is -2.17. The van der Waals surface area contributed by atoms with Gasteiger partial charge >= 0.3 is 0 Å². The standard InChI is InChI=1S/C18H25N5O.C11H13IN2O/c1-11(2)23-12(3)15(10-19-23)20-17-14-9-13(18(4,5)24)7-8-16(14)22(6)21-17;1-11(2,15)7-4-5-9-8(6-7)10(12)13-14(9)3/h7-11,24H,1-6H3,(H,20,21);4-6,15H,1-3H3. The smallest absolute Gasteiger partial charge is 0.160 e. The molecular weight excluding hydrogens is 605 g/mol. The van der Waals surface area contributed by atoms with Crippen molar-refractivity contribution in [2.24, 2.45) is 14.1 Å². The van der Waals surface area contributed by atoms with Crippen molar-refractivity contribution < 1.29 is 10.2 Å². The molecule has 0 aliphatic heterocycles. The Balaban J connectivity index is 0.000000202. The van der Waals surface area contributed by atoms with E-state index >= 15 is 0 Å². The van der Waals surface area contributed by atoms with E-state index in [0.29, 0.717) is 6.04 Å². The SMILES string of the molecule is Cc1c(Nc2nn(C)c3ccc(C(C)(C)O)cc23)cnn1C(C)C.Cn1nc(I)c2cc(C(C)(C)O)ccc21. The monoisotopic (exact) mass is 643 g/mol. The van der Waals surface area contributed by atoms with Crippen molar-refractivity contribution in [2.75, 3.05) is 5.32 Å². The summed E-state index contributed by atoms with van der Waals surface area (Å²) >= 11 is 2.21. The molecule has 0 spiro atoms. The Labute approximate surface area is 243 Å². The fraction of sp³-hybridized carbons (Fsp3) is 0.414. The lowest BCUT2D eigenvalue weighted by molar-refractivity contribution is 0.0782. The Morgan fingerprint density at radius 2 is 1.36 bits per heavy atom. The molecule has 2 aromatic carbocycles. The van der Waals surface area contributed by atoms with Gasteiger partial charge in [0.25, 0.3) is 0 Å². The topological polar surface area (TPSA) is 106 Å². The summed E-state index contributed by atoms with van der Waals surface area (Å²) < 4.78 is 6.64. The summed E-state index contributed by atoms with van der Waals surface area (Å²) in [6.45, 7) is 13.4. The Morgan fingerprint density at radius 1 is 0.846 bits per heavy atom. The maximum Gasteiger partial charge on any atom is 0.160 e. The van der Waals surface area contributed by atoms with Crippen molar-refractivity contribution in [1.82, 2.24) is 29.3 Å². The van der Waals surface area contributed by atoms with E-state index < -0.39 is 11.2 Å². The summed E-state index contributed by atoms with van der Waals surface area (Å²) in [5.41, 5.74) is 4.21. The van der Waals surface area contributed by atoms with Crippen molar-refractivity contribution in [3.05, 3.63) is 63.1 Å². The molecule has 0 atom stereocenters. The van der Waals surface area contributed by atoms with Crippen LogP contribution in [0.1, 0.15) is 64.4 Å². The van der Waals surface area contributed by atoms with Gasteiger partial charge in [0.05, 0.1) is 39.8 Å². The number of hydrogen-bond acceptors (Lipinski definition) is 6. The molecule has 0 saturated heterocycles. The number of nitrogens with one attached hydrogen (secondary N) is 1. The molecule has 5 rings (SSSR count). The minimum absolute atomic E-state index is 0.308. The minimum atomic E-state index is -0.889. The van der Waals surface area contributed by atoms with E-state index in [1.54, 1.807) is 27.7 Å². The zero-order valence-electron chi connectivity index (χ0n) is 24.1. The van der Waals surface area contributed by atoms with Crippen molar-refractivity contribution >= 4 is 55.9 Å². The largest absolute Gasteiger partial charge is 0.386 e. The second kappa shape index (κ2) is 10.5. The van der Waals surface area contributed by atoms with E-state index in [1.807, 2.05) is 77.7 Å². The maximum atomic E-state index is 10.3. The van der Waals surface area contributed by atoms with Crippen LogP contribution in [0, 0.1) is 10.6 Å². The fourth-order valence-electron chi connectivity index (χ4n) is 4.54. The van der Waals surface area contributed by atoms with Gasteiger partial charge in [-0.25, -0.2) is 0 Å². The number of hydrogen-bond donors (Lipinski definition) is 3. The van der Waals surface area contributed by atoms with E-state index in [2.05, 4.69) is 57.1 Å². The van der Waals surface area contributed by atoms with Crippen LogP contribution < -0.4 is 5.32 Å². The second-order valence-corrected chi connectivity index (χ2v) is 12.3. The first-order valence-corrected chi connectivity index (χ1v) is 14.0. The summed E-state index contributed by atoms with van der Waals surface area (Å²) in [6.07, 6.45) is 1.83. The molecule has 0 aliphatic rings. The van der Waals surface area contributed by atoms with Gasteiger partial charge in [0.1, 0.15) is 3.70 Å². The number of anilines is 2. The molecule has 10 heteroatoms. The third-order valence-corrected chi connectivity index (χ3v) is 7.65. The third-order valence-electron chi connectivity index (χ3n) is 6.86. The van der Waals surface area contributed by atoms with Crippen molar-refractivity contribution in [2.45, 2.75) is 65.7 Å². The molecule has 0 amide bonds. The Kier molecular flexibility index (Phi) is 7.85. The molecule has 0 unspecified atom stereocenters. The molecular formula is C29H38IN7O2. The maximum absolute atomic E-state index is 10.3. The number of aromatic nitrogens is 6. The molecule has 39 heavy (non-hydrogen) atoms. The van der Waals surface area contributed by atoms with Crippen LogP contribution in [0.3, 0.4) is 0 Å². The molecule has 0 bridgehead atoms. The van der Waals surface area contributed by atoms with Crippen LogP contribution in [0.15, 0.2) is 42.6 Å². The van der Waals surface area contributed by atoms with E-state index in [0.717, 1.165) is 53.8 Å². The van der Waals surface area contributed by atoms with Crippen LogP contribution in [0.25, 0.3) is 21.8 Å². The number of benzene rings is 2. The second-order valence-electron chi connectivity index (χ2n) is 11.3. The quantitative estimate of drug-likeness (QED) is 0.202. The molecule has 5 aromatic rings. The van der Waals surface area contributed by atoms with E-state index in [4.69, 9.17) is 0 Å². The highest BCUT2D eigenvalue weighted by atomic mass is 127. The van der Waals surface area contributed by atoms with E-state index in [1.165, 1.54) is 0 Å². The van der Waals surface area contributed by atoms with E-state index in [-0.39, 0.29) is 0 Å². The van der Waals surface area contributed by atoms with Gasteiger partial charge in [0.2, 0.25) is 0 Å². The van der Waals surface area contributed by atoms with Gasteiger partial charge in [-0.2, -0.15) is 15.3 Å². The van der Waals surface area contributed by atoms with E-state index in [9.17, 15) is 10.2 Å². The molecule has 3 aromatic heterocycles. The molecule has 9 nitrogen and oxygen atoms in total. The zero-order valence-corrected chi connectivity index (χ0v) is 26.2. The van der Waals surface area contributed by atoms with Crippen LogP contribution >= 0.6 is 22.6 Å². The molecule has 0 saturated carbocycles. The minimum Gasteiger partial charge on any atom is -0.386 e. The Morgan fingerprint density at radius 3 is 1.87 bits per heavy atom. The molecule has 0 aliphatic carbocycles. The summed E-state index contributed by atoms with van der Waals surface area (Å²) in [5, 5.41) is 39.0. The van der Waals surface area contributed by atoms with Crippen LogP contribution in [-0.2, 0) is 25.3 Å².